The molecule has 2 rings (SSSR count). The predicted octanol–water partition coefficient (Wildman–Crippen LogP) is 1.18. The number of fused-ring (bicyclic) bond motifs is 1. The number of hydrogen-bond acceptors (Lipinski definition) is 2. The van der Waals surface area contributed by atoms with Crippen LogP contribution >= 0.6 is 0 Å². The van der Waals surface area contributed by atoms with E-state index in [2.05, 4.69) is 0 Å². The lowest BCUT2D eigenvalue weighted by molar-refractivity contribution is -0.0153. The lowest BCUT2D eigenvalue weighted by Gasteiger charge is -2.29. The molecule has 0 bridgehead atoms. The van der Waals surface area contributed by atoms with Crippen LogP contribution in [0, 0.1) is 11.3 Å². The van der Waals surface area contributed by atoms with Crippen LogP contribution in [0.25, 0.3) is 0 Å². The van der Waals surface area contributed by atoms with Gasteiger partial charge in [0.05, 0.1) is 12.7 Å². The number of aliphatic hydroxyl groups is 1. The van der Waals surface area contributed by atoms with Gasteiger partial charge in [0.2, 0.25) is 0 Å². The van der Waals surface area contributed by atoms with E-state index in [0.29, 0.717) is 12.7 Å². The van der Waals surface area contributed by atoms with Gasteiger partial charge in [-0.25, -0.2) is 0 Å². The van der Waals surface area contributed by atoms with Gasteiger partial charge >= 0.3 is 0 Å². The summed E-state index contributed by atoms with van der Waals surface area (Å²) in [6, 6.07) is 0. The van der Waals surface area contributed by atoms with Crippen LogP contribution < -0.4 is 0 Å². The summed E-state index contributed by atoms with van der Waals surface area (Å²) in [5.74, 6) is 0.770. The lowest BCUT2D eigenvalue weighted by atomic mass is 9.86. The predicted molar refractivity (Wildman–Crippen MR) is 42.3 cm³/mol. The zero-order chi connectivity index (χ0) is 7.90. The van der Waals surface area contributed by atoms with E-state index in [4.69, 9.17) is 4.74 Å². The average molecular weight is 156 g/mol. The largest absolute Gasteiger partial charge is 0.396 e. The third kappa shape index (κ3) is 0.926. The molecule has 1 N–H and O–H groups in total. The average Bonchev–Trinajstić information content (AvgIpc) is 2.78. The molecule has 64 valence electrons. The fraction of sp³-hybridized carbons (Fsp3) is 1.00. The first-order valence-corrected chi connectivity index (χ1v) is 4.47. The molecule has 0 aliphatic heterocycles. The minimum absolute atomic E-state index is 0.188. The van der Waals surface area contributed by atoms with Gasteiger partial charge in [-0.15, -0.1) is 0 Å². The van der Waals surface area contributed by atoms with Gasteiger partial charge in [0, 0.05) is 12.5 Å². The van der Waals surface area contributed by atoms with Gasteiger partial charge < -0.3 is 9.84 Å². The van der Waals surface area contributed by atoms with Gasteiger partial charge in [0.1, 0.15) is 0 Å². The molecular weight excluding hydrogens is 140 g/mol. The lowest BCUT2D eigenvalue weighted by Crippen LogP contribution is -2.32. The van der Waals surface area contributed by atoms with Crippen molar-refractivity contribution in [2.45, 2.75) is 31.8 Å². The zero-order valence-corrected chi connectivity index (χ0v) is 7.05. The number of hydrogen-bond donors (Lipinski definition) is 1. The summed E-state index contributed by atoms with van der Waals surface area (Å²) in [5, 5.41) is 9.21. The Morgan fingerprint density at radius 3 is 2.91 bits per heavy atom. The van der Waals surface area contributed by atoms with E-state index in [1.165, 1.54) is 19.3 Å². The van der Waals surface area contributed by atoms with Gasteiger partial charge in [-0.1, -0.05) is 6.42 Å². The van der Waals surface area contributed by atoms with Gasteiger partial charge in [0.25, 0.3) is 0 Å². The van der Waals surface area contributed by atoms with Gasteiger partial charge in [-0.3, -0.25) is 0 Å². The second kappa shape index (κ2) is 2.46. The summed E-state index contributed by atoms with van der Waals surface area (Å²) in [5.41, 5.74) is 0.188. The fourth-order valence-electron chi connectivity index (χ4n) is 2.67. The van der Waals surface area contributed by atoms with Crippen molar-refractivity contribution < 1.29 is 9.84 Å². The van der Waals surface area contributed by atoms with Crippen LogP contribution in [-0.4, -0.2) is 24.9 Å². The van der Waals surface area contributed by atoms with Crippen LogP contribution in [0.4, 0.5) is 0 Å². The van der Waals surface area contributed by atoms with Crippen LogP contribution in [0.15, 0.2) is 0 Å². The SMILES string of the molecule is COC1CCCC2CC21CO. The number of ether oxygens (including phenoxy) is 1. The molecule has 0 aromatic rings. The number of methoxy groups -OCH3 is 1. The van der Waals surface area contributed by atoms with E-state index in [1.54, 1.807) is 7.11 Å². The first kappa shape index (κ1) is 7.56. The maximum absolute atomic E-state index is 9.21. The van der Waals surface area contributed by atoms with Crippen molar-refractivity contribution >= 4 is 0 Å². The number of aliphatic hydroxyl groups excluding tert-OH is 1. The standard InChI is InChI=1S/C9H16O2/c1-11-8-4-2-3-7-5-9(7,8)6-10/h7-8,10H,2-6H2,1H3. The van der Waals surface area contributed by atoms with Crippen LogP contribution in [-0.2, 0) is 4.74 Å². The Morgan fingerprint density at radius 1 is 1.55 bits per heavy atom. The van der Waals surface area contributed by atoms with Crippen LogP contribution in [0.3, 0.4) is 0 Å². The quantitative estimate of drug-likeness (QED) is 0.650. The smallest absolute Gasteiger partial charge is 0.0652 e. The number of rotatable bonds is 2. The highest BCUT2D eigenvalue weighted by molar-refractivity contribution is 5.09. The third-order valence-electron chi connectivity index (χ3n) is 3.52. The molecule has 0 aromatic heterocycles. The highest BCUT2D eigenvalue weighted by Gasteiger charge is 2.60. The topological polar surface area (TPSA) is 29.5 Å². The Bertz CT molecular complexity index is 158. The molecule has 0 radical (unpaired) electrons. The monoisotopic (exact) mass is 156 g/mol. The molecule has 2 nitrogen and oxygen atoms in total. The molecule has 2 fully saturated rings. The Balaban J connectivity index is 2.07. The molecule has 2 aliphatic rings. The molecule has 2 heteroatoms. The van der Waals surface area contributed by atoms with Crippen molar-refractivity contribution in [3.05, 3.63) is 0 Å². The Labute approximate surface area is 67.6 Å². The third-order valence-corrected chi connectivity index (χ3v) is 3.52. The minimum Gasteiger partial charge on any atom is -0.396 e. The Kier molecular flexibility index (Phi) is 1.69. The molecule has 0 amide bonds. The molecule has 3 unspecified atom stereocenters. The van der Waals surface area contributed by atoms with Crippen molar-refractivity contribution in [2.24, 2.45) is 11.3 Å². The van der Waals surface area contributed by atoms with Crippen LogP contribution in [0.2, 0.25) is 0 Å². The van der Waals surface area contributed by atoms with Gasteiger partial charge in [0.15, 0.2) is 0 Å². The molecule has 0 saturated heterocycles. The molecular formula is C9H16O2. The van der Waals surface area contributed by atoms with E-state index < -0.39 is 0 Å². The highest BCUT2D eigenvalue weighted by Crippen LogP contribution is 2.61. The van der Waals surface area contributed by atoms with Gasteiger partial charge in [-0.2, -0.15) is 0 Å². The summed E-state index contributed by atoms with van der Waals surface area (Å²) < 4.78 is 5.38. The fourth-order valence-corrected chi connectivity index (χ4v) is 2.67. The van der Waals surface area contributed by atoms with Gasteiger partial charge in [-0.05, 0) is 25.2 Å². The van der Waals surface area contributed by atoms with E-state index in [-0.39, 0.29) is 5.41 Å². The van der Waals surface area contributed by atoms with Crippen molar-refractivity contribution in [3.63, 3.8) is 0 Å². The molecule has 2 saturated carbocycles. The first-order chi connectivity index (χ1) is 5.33. The normalized spacial score (nSPS) is 48.5. The Morgan fingerprint density at radius 2 is 2.36 bits per heavy atom. The summed E-state index contributed by atoms with van der Waals surface area (Å²) in [7, 11) is 1.77. The maximum Gasteiger partial charge on any atom is 0.0652 e. The maximum atomic E-state index is 9.21. The van der Waals surface area contributed by atoms with E-state index >= 15 is 0 Å². The highest BCUT2D eigenvalue weighted by atomic mass is 16.5. The molecule has 2 aliphatic carbocycles. The summed E-state index contributed by atoms with van der Waals surface area (Å²) in [4.78, 5) is 0. The van der Waals surface area contributed by atoms with Crippen molar-refractivity contribution in [1.82, 2.24) is 0 Å². The summed E-state index contributed by atoms with van der Waals surface area (Å²) >= 11 is 0. The van der Waals surface area contributed by atoms with Crippen LogP contribution in [0.1, 0.15) is 25.7 Å². The minimum atomic E-state index is 0.188. The molecule has 11 heavy (non-hydrogen) atoms. The van der Waals surface area contributed by atoms with Crippen molar-refractivity contribution in [1.29, 1.82) is 0 Å². The molecule has 0 heterocycles. The molecule has 3 atom stereocenters. The Hall–Kier alpha value is -0.0800. The molecule has 0 aromatic carbocycles. The second-order valence-corrected chi connectivity index (χ2v) is 3.95. The second-order valence-electron chi connectivity index (χ2n) is 3.95. The zero-order valence-electron chi connectivity index (χ0n) is 7.05. The van der Waals surface area contributed by atoms with E-state index in [9.17, 15) is 5.11 Å². The van der Waals surface area contributed by atoms with Crippen LogP contribution in [0.5, 0.6) is 0 Å². The summed E-state index contributed by atoms with van der Waals surface area (Å²) in [6.45, 7) is 0.330. The van der Waals surface area contributed by atoms with Crippen molar-refractivity contribution in [2.75, 3.05) is 13.7 Å². The van der Waals surface area contributed by atoms with Crippen molar-refractivity contribution in [3.8, 4) is 0 Å². The van der Waals surface area contributed by atoms with E-state index in [0.717, 1.165) is 12.3 Å². The summed E-state index contributed by atoms with van der Waals surface area (Å²) in [6.07, 6.45) is 5.27. The molecule has 0 spiro atoms. The van der Waals surface area contributed by atoms with E-state index in [1.807, 2.05) is 0 Å². The first-order valence-electron chi connectivity index (χ1n) is 4.47.